The number of hydrogen-bond donors (Lipinski definition) is 1. The van der Waals surface area contributed by atoms with Crippen LogP contribution in [0.3, 0.4) is 0 Å². The van der Waals surface area contributed by atoms with Crippen LogP contribution in [0.1, 0.15) is 29.5 Å². The zero-order valence-electron chi connectivity index (χ0n) is 23.3. The molecule has 9 nitrogen and oxygen atoms in total. The second-order valence-corrected chi connectivity index (χ2v) is 10.2. The quantitative estimate of drug-likeness (QED) is 0.448. The van der Waals surface area contributed by atoms with E-state index in [4.69, 9.17) is 23.7 Å². The van der Waals surface area contributed by atoms with Crippen LogP contribution < -0.4 is 18.9 Å². The molecule has 0 aromatic heterocycles. The molecule has 1 amide bonds. The van der Waals surface area contributed by atoms with Crippen molar-refractivity contribution in [2.45, 2.75) is 30.1 Å². The molecule has 0 radical (unpaired) electrons. The zero-order chi connectivity index (χ0) is 28.8. The number of aliphatic hydroxyl groups is 1. The molecule has 0 saturated heterocycles. The van der Waals surface area contributed by atoms with E-state index in [1.807, 2.05) is 30.3 Å². The number of carbonyl (C=O) groups excluding carboxylic acids is 2. The van der Waals surface area contributed by atoms with Crippen LogP contribution >= 0.6 is 0 Å². The van der Waals surface area contributed by atoms with Gasteiger partial charge in [-0.2, -0.15) is 0 Å². The molecule has 2 unspecified atom stereocenters. The smallest absolute Gasteiger partial charge is 0.303 e. The Morgan fingerprint density at radius 3 is 2.10 bits per heavy atom. The summed E-state index contributed by atoms with van der Waals surface area (Å²) >= 11 is 0. The van der Waals surface area contributed by atoms with Gasteiger partial charge in [0.2, 0.25) is 5.91 Å². The predicted octanol–water partition coefficient (Wildman–Crippen LogP) is 3.62. The summed E-state index contributed by atoms with van der Waals surface area (Å²) in [6, 6.07) is 19.8. The number of methoxy groups -OCH3 is 3. The van der Waals surface area contributed by atoms with E-state index in [9.17, 15) is 14.7 Å². The fourth-order valence-corrected chi connectivity index (χ4v) is 6.39. The Hall–Kier alpha value is -4.24. The maximum Gasteiger partial charge on any atom is 0.303 e. The summed E-state index contributed by atoms with van der Waals surface area (Å²) in [7, 11) is 7.82. The fourth-order valence-electron chi connectivity index (χ4n) is 6.39. The summed E-state index contributed by atoms with van der Waals surface area (Å²) < 4.78 is 29.5. The van der Waals surface area contributed by atoms with Crippen LogP contribution in [-0.4, -0.2) is 63.4 Å². The Balaban J connectivity index is 1.93. The van der Waals surface area contributed by atoms with Gasteiger partial charge in [0.15, 0.2) is 17.3 Å². The standard InChI is InChI=1S/C31H33NO8/c1-18(33)39-28-25(29(34)32(2)3)26(19-10-8-7-9-11-19)31(20-12-14-21(36-4)15-13-20)30(28,35)27-23(38-6)16-22(37-5)17-24(27)40-31/h7-17,25-26,28,35H,1-6H3/t25-,26?,28-,30?,31+/m1/s1. The molecule has 1 N–H and O–H groups in total. The van der Waals surface area contributed by atoms with E-state index in [1.165, 1.54) is 26.0 Å². The first-order valence-corrected chi connectivity index (χ1v) is 12.9. The van der Waals surface area contributed by atoms with Crippen molar-refractivity contribution in [1.29, 1.82) is 0 Å². The van der Waals surface area contributed by atoms with Crippen molar-refractivity contribution in [3.63, 3.8) is 0 Å². The second kappa shape index (κ2) is 10.1. The van der Waals surface area contributed by atoms with Gasteiger partial charge in [-0.1, -0.05) is 42.5 Å². The predicted molar refractivity (Wildman–Crippen MR) is 146 cm³/mol. The van der Waals surface area contributed by atoms with E-state index in [0.717, 1.165) is 5.56 Å². The van der Waals surface area contributed by atoms with Gasteiger partial charge < -0.3 is 33.7 Å². The molecule has 3 aromatic rings. The first kappa shape index (κ1) is 27.3. The van der Waals surface area contributed by atoms with E-state index in [0.29, 0.717) is 22.8 Å². The summed E-state index contributed by atoms with van der Waals surface area (Å²) in [6.07, 6.45) is -1.34. The first-order chi connectivity index (χ1) is 19.1. The molecule has 1 aliphatic heterocycles. The van der Waals surface area contributed by atoms with E-state index >= 15 is 0 Å². The summed E-state index contributed by atoms with van der Waals surface area (Å²) in [5.74, 6) is -1.17. The number of rotatable bonds is 7. The molecular weight excluding hydrogens is 514 g/mol. The van der Waals surface area contributed by atoms with E-state index < -0.39 is 35.1 Å². The molecule has 210 valence electrons. The Labute approximate surface area is 233 Å². The number of benzene rings is 3. The number of nitrogens with zero attached hydrogens (tertiary/aromatic N) is 1. The Bertz CT molecular complexity index is 1420. The summed E-state index contributed by atoms with van der Waals surface area (Å²) in [4.78, 5) is 28.1. The molecular formula is C31H33NO8. The highest BCUT2D eigenvalue weighted by molar-refractivity contribution is 5.83. The highest BCUT2D eigenvalue weighted by Gasteiger charge is 2.79. The first-order valence-electron chi connectivity index (χ1n) is 12.9. The molecule has 0 bridgehead atoms. The van der Waals surface area contributed by atoms with E-state index in [1.54, 1.807) is 57.6 Å². The number of hydrogen-bond acceptors (Lipinski definition) is 8. The largest absolute Gasteiger partial charge is 0.497 e. The van der Waals surface area contributed by atoms with Crippen molar-refractivity contribution in [2.75, 3.05) is 35.4 Å². The lowest BCUT2D eigenvalue weighted by molar-refractivity contribution is -0.184. The van der Waals surface area contributed by atoms with Gasteiger partial charge in [-0.3, -0.25) is 9.59 Å². The molecule has 1 heterocycles. The lowest BCUT2D eigenvalue weighted by Gasteiger charge is -2.41. The van der Waals surface area contributed by atoms with Gasteiger partial charge in [-0.25, -0.2) is 0 Å². The molecule has 1 fully saturated rings. The van der Waals surface area contributed by atoms with E-state index in [-0.39, 0.29) is 17.2 Å². The summed E-state index contributed by atoms with van der Waals surface area (Å²) in [5, 5.41) is 13.2. The molecule has 9 heteroatoms. The Morgan fingerprint density at radius 1 is 0.900 bits per heavy atom. The van der Waals surface area contributed by atoms with Crippen LogP contribution in [0.2, 0.25) is 0 Å². The lowest BCUT2D eigenvalue weighted by atomic mass is 9.70. The third kappa shape index (κ3) is 3.79. The maximum atomic E-state index is 14.0. The number of esters is 1. The van der Waals surface area contributed by atoms with Crippen LogP contribution in [0.4, 0.5) is 0 Å². The third-order valence-electron chi connectivity index (χ3n) is 7.94. The maximum absolute atomic E-state index is 14.0. The number of amides is 1. The monoisotopic (exact) mass is 547 g/mol. The second-order valence-electron chi connectivity index (χ2n) is 10.2. The molecule has 1 aliphatic carbocycles. The van der Waals surface area contributed by atoms with Crippen molar-refractivity contribution in [3.8, 4) is 23.0 Å². The van der Waals surface area contributed by atoms with E-state index in [2.05, 4.69) is 0 Å². The van der Waals surface area contributed by atoms with Crippen LogP contribution in [0.15, 0.2) is 66.7 Å². The average Bonchev–Trinajstić information content (AvgIpc) is 3.34. The summed E-state index contributed by atoms with van der Waals surface area (Å²) in [6.45, 7) is 1.26. The molecule has 40 heavy (non-hydrogen) atoms. The third-order valence-corrected chi connectivity index (χ3v) is 7.94. The summed E-state index contributed by atoms with van der Waals surface area (Å²) in [5.41, 5.74) is -2.12. The number of ether oxygens (including phenoxy) is 5. The molecule has 5 rings (SSSR count). The van der Waals surface area contributed by atoms with Crippen LogP contribution in [-0.2, 0) is 25.5 Å². The van der Waals surface area contributed by atoms with Crippen molar-refractivity contribution in [1.82, 2.24) is 4.90 Å². The van der Waals surface area contributed by atoms with Crippen LogP contribution in [0.5, 0.6) is 23.0 Å². The van der Waals surface area contributed by atoms with Gasteiger partial charge in [-0.15, -0.1) is 0 Å². The van der Waals surface area contributed by atoms with Crippen molar-refractivity contribution >= 4 is 11.9 Å². The highest BCUT2D eigenvalue weighted by atomic mass is 16.6. The average molecular weight is 548 g/mol. The minimum atomic E-state index is -2.06. The van der Waals surface area contributed by atoms with Crippen molar-refractivity contribution in [2.24, 2.45) is 5.92 Å². The molecule has 0 spiro atoms. The van der Waals surface area contributed by atoms with Crippen LogP contribution in [0, 0.1) is 5.92 Å². The minimum absolute atomic E-state index is 0.271. The minimum Gasteiger partial charge on any atom is -0.497 e. The lowest BCUT2D eigenvalue weighted by Crippen LogP contribution is -2.53. The van der Waals surface area contributed by atoms with Gasteiger partial charge in [0.05, 0.1) is 32.8 Å². The topological polar surface area (TPSA) is 104 Å². The highest BCUT2D eigenvalue weighted by Crippen LogP contribution is 2.71. The molecule has 2 aliphatic rings. The van der Waals surface area contributed by atoms with Crippen LogP contribution in [0.25, 0.3) is 0 Å². The van der Waals surface area contributed by atoms with Gasteiger partial charge in [-0.05, 0) is 23.3 Å². The molecule has 3 aromatic carbocycles. The van der Waals surface area contributed by atoms with Gasteiger partial charge in [0, 0.05) is 39.1 Å². The fraction of sp³-hybridized carbons (Fsp3) is 0.355. The molecule has 5 atom stereocenters. The normalized spacial score (nSPS) is 26.2. The zero-order valence-corrected chi connectivity index (χ0v) is 23.3. The SMILES string of the molecule is COc1ccc([C@@]23Oc4cc(OC)cc(OC)c4C2(O)[C@H](OC(C)=O)[C@H](C(=O)N(C)C)C3c2ccccc2)cc1. The van der Waals surface area contributed by atoms with Gasteiger partial charge in [0.1, 0.15) is 23.0 Å². The number of fused-ring (bicyclic) bond motifs is 3. The van der Waals surface area contributed by atoms with Crippen molar-refractivity contribution in [3.05, 3.63) is 83.4 Å². The molecule has 1 saturated carbocycles. The van der Waals surface area contributed by atoms with Crippen molar-refractivity contribution < 1.29 is 38.4 Å². The van der Waals surface area contributed by atoms with Gasteiger partial charge >= 0.3 is 5.97 Å². The number of carbonyl (C=O) groups is 2. The van der Waals surface area contributed by atoms with Gasteiger partial charge in [0.25, 0.3) is 0 Å². The Morgan fingerprint density at radius 2 is 1.55 bits per heavy atom. The Kier molecular flexibility index (Phi) is 6.87.